The lowest BCUT2D eigenvalue weighted by Crippen LogP contribution is -2.22. The number of hydrogen-bond acceptors (Lipinski definition) is 0. The maximum Gasteiger partial charge on any atom is 0.0283 e. The third-order valence-corrected chi connectivity index (χ3v) is 4.81. The van der Waals surface area contributed by atoms with Crippen LogP contribution in [0, 0.1) is 0 Å². The van der Waals surface area contributed by atoms with Crippen molar-refractivity contribution in [2.45, 2.75) is 31.0 Å². The minimum absolute atomic E-state index is 0.221. The second-order valence-electron chi connectivity index (χ2n) is 6.09. The summed E-state index contributed by atoms with van der Waals surface area (Å²) in [6, 6.07) is 17.6. The Morgan fingerprint density at radius 2 is 1.80 bits per heavy atom. The normalized spacial score (nSPS) is 16.4. The average molecular weight is 327 g/mol. The summed E-state index contributed by atoms with van der Waals surface area (Å²) in [5.41, 5.74) is 7.10. The molecule has 1 aliphatic rings. The molecule has 0 atom stereocenters. The van der Waals surface area contributed by atoms with Crippen LogP contribution in [0.3, 0.4) is 0 Å². The van der Waals surface area contributed by atoms with Crippen LogP contribution in [-0.2, 0) is 10.7 Å². The SMILES string of the molecule is CC1(C)CC=C(c2ccccc2)c2cc(CBr)ccc21. The summed E-state index contributed by atoms with van der Waals surface area (Å²) in [6.45, 7) is 4.66. The molecule has 20 heavy (non-hydrogen) atoms. The van der Waals surface area contributed by atoms with Gasteiger partial charge in [-0.25, -0.2) is 0 Å². The molecule has 0 saturated carbocycles. The molecule has 1 aliphatic carbocycles. The van der Waals surface area contributed by atoms with Crippen LogP contribution in [0.15, 0.2) is 54.6 Å². The molecule has 0 aliphatic heterocycles. The van der Waals surface area contributed by atoms with Gasteiger partial charge in [0.2, 0.25) is 0 Å². The van der Waals surface area contributed by atoms with E-state index in [0.717, 1.165) is 11.8 Å². The van der Waals surface area contributed by atoms with Gasteiger partial charge in [0.25, 0.3) is 0 Å². The zero-order valence-electron chi connectivity index (χ0n) is 12.0. The molecule has 0 heterocycles. The standard InChI is InChI=1S/C19H19Br/c1-19(2)11-10-16(15-6-4-3-5-7-15)17-12-14(13-20)8-9-18(17)19/h3-10,12H,11,13H2,1-2H3. The third kappa shape index (κ3) is 2.35. The Balaban J connectivity index is 2.19. The summed E-state index contributed by atoms with van der Waals surface area (Å²) in [5.74, 6) is 0. The van der Waals surface area contributed by atoms with E-state index in [1.165, 1.54) is 27.8 Å². The molecule has 0 spiro atoms. The van der Waals surface area contributed by atoms with Gasteiger partial charge in [-0.05, 0) is 39.7 Å². The van der Waals surface area contributed by atoms with Crippen molar-refractivity contribution in [3.8, 4) is 0 Å². The fourth-order valence-corrected chi connectivity index (χ4v) is 3.30. The van der Waals surface area contributed by atoms with Gasteiger partial charge in [-0.3, -0.25) is 0 Å². The first-order valence-electron chi connectivity index (χ1n) is 7.07. The maximum absolute atomic E-state index is 3.57. The summed E-state index contributed by atoms with van der Waals surface area (Å²) < 4.78 is 0. The van der Waals surface area contributed by atoms with Crippen LogP contribution in [0.1, 0.15) is 42.5 Å². The van der Waals surface area contributed by atoms with Crippen molar-refractivity contribution in [1.29, 1.82) is 0 Å². The molecule has 0 fully saturated rings. The van der Waals surface area contributed by atoms with Gasteiger partial charge < -0.3 is 0 Å². The van der Waals surface area contributed by atoms with Crippen molar-refractivity contribution in [1.82, 2.24) is 0 Å². The number of hydrogen-bond donors (Lipinski definition) is 0. The molecule has 0 nitrogen and oxygen atoms in total. The molecular formula is C19H19Br. The minimum Gasteiger partial charge on any atom is -0.0876 e. The molecule has 3 rings (SSSR count). The van der Waals surface area contributed by atoms with Gasteiger partial charge in [-0.1, -0.05) is 84.4 Å². The first kappa shape index (κ1) is 13.6. The van der Waals surface area contributed by atoms with Crippen LogP contribution in [0.4, 0.5) is 0 Å². The van der Waals surface area contributed by atoms with Crippen molar-refractivity contribution >= 4 is 21.5 Å². The fourth-order valence-electron chi connectivity index (χ4n) is 2.96. The topological polar surface area (TPSA) is 0 Å². The maximum atomic E-state index is 3.57. The van der Waals surface area contributed by atoms with Gasteiger partial charge in [0.05, 0.1) is 0 Å². The Hall–Kier alpha value is -1.34. The van der Waals surface area contributed by atoms with E-state index in [1.54, 1.807) is 0 Å². The highest BCUT2D eigenvalue weighted by Gasteiger charge is 2.28. The minimum atomic E-state index is 0.221. The van der Waals surface area contributed by atoms with E-state index in [9.17, 15) is 0 Å². The van der Waals surface area contributed by atoms with Crippen molar-refractivity contribution in [2.24, 2.45) is 0 Å². The lowest BCUT2D eigenvalue weighted by Gasteiger charge is -2.32. The summed E-state index contributed by atoms with van der Waals surface area (Å²) in [6.07, 6.45) is 3.49. The van der Waals surface area contributed by atoms with Gasteiger partial charge in [0, 0.05) is 5.33 Å². The highest BCUT2D eigenvalue weighted by molar-refractivity contribution is 9.08. The lowest BCUT2D eigenvalue weighted by molar-refractivity contribution is 0.527. The van der Waals surface area contributed by atoms with Crippen LogP contribution < -0.4 is 0 Å². The van der Waals surface area contributed by atoms with E-state index in [4.69, 9.17) is 0 Å². The first-order chi connectivity index (χ1) is 9.62. The van der Waals surface area contributed by atoms with E-state index < -0.39 is 0 Å². The molecule has 0 unspecified atom stereocenters. The first-order valence-corrected chi connectivity index (χ1v) is 8.19. The molecule has 0 aromatic heterocycles. The molecular weight excluding hydrogens is 308 g/mol. The van der Waals surface area contributed by atoms with Crippen molar-refractivity contribution in [3.05, 3.63) is 76.9 Å². The lowest BCUT2D eigenvalue weighted by atomic mass is 9.72. The second-order valence-corrected chi connectivity index (χ2v) is 6.65. The molecule has 0 bridgehead atoms. The molecule has 0 amide bonds. The molecule has 2 aromatic carbocycles. The molecule has 0 radical (unpaired) electrons. The number of benzene rings is 2. The summed E-state index contributed by atoms with van der Waals surface area (Å²) in [5, 5.41) is 0.906. The van der Waals surface area contributed by atoms with Gasteiger partial charge in [0.1, 0.15) is 0 Å². The predicted molar refractivity (Wildman–Crippen MR) is 90.2 cm³/mol. The Morgan fingerprint density at radius 3 is 2.50 bits per heavy atom. The summed E-state index contributed by atoms with van der Waals surface area (Å²) in [7, 11) is 0. The van der Waals surface area contributed by atoms with Gasteiger partial charge in [-0.2, -0.15) is 0 Å². The van der Waals surface area contributed by atoms with Crippen molar-refractivity contribution < 1.29 is 0 Å². The van der Waals surface area contributed by atoms with Crippen molar-refractivity contribution in [2.75, 3.05) is 0 Å². The Labute approximate surface area is 129 Å². The highest BCUT2D eigenvalue weighted by atomic mass is 79.9. The molecule has 2 aromatic rings. The van der Waals surface area contributed by atoms with Gasteiger partial charge in [-0.15, -0.1) is 0 Å². The smallest absolute Gasteiger partial charge is 0.0283 e. The van der Waals surface area contributed by atoms with E-state index in [1.807, 2.05) is 0 Å². The van der Waals surface area contributed by atoms with Crippen LogP contribution in [0.5, 0.6) is 0 Å². The van der Waals surface area contributed by atoms with E-state index in [0.29, 0.717) is 0 Å². The van der Waals surface area contributed by atoms with E-state index in [-0.39, 0.29) is 5.41 Å². The number of allylic oxidation sites excluding steroid dienone is 1. The molecule has 1 heteroatoms. The number of alkyl halides is 1. The monoisotopic (exact) mass is 326 g/mol. The van der Waals surface area contributed by atoms with Crippen LogP contribution >= 0.6 is 15.9 Å². The van der Waals surface area contributed by atoms with E-state index in [2.05, 4.69) is 84.4 Å². The molecule has 102 valence electrons. The second kappa shape index (κ2) is 5.21. The van der Waals surface area contributed by atoms with Crippen molar-refractivity contribution in [3.63, 3.8) is 0 Å². The molecule has 0 saturated heterocycles. The fraction of sp³-hybridized carbons (Fsp3) is 0.263. The van der Waals surface area contributed by atoms with Crippen LogP contribution in [0.25, 0.3) is 5.57 Å². The Bertz CT molecular complexity index is 651. The quantitative estimate of drug-likeness (QED) is 0.621. The molecule has 0 N–H and O–H groups in total. The highest BCUT2D eigenvalue weighted by Crippen LogP contribution is 2.41. The number of fused-ring (bicyclic) bond motifs is 1. The van der Waals surface area contributed by atoms with Crippen LogP contribution in [0.2, 0.25) is 0 Å². The summed E-state index contributed by atoms with van der Waals surface area (Å²) in [4.78, 5) is 0. The summed E-state index contributed by atoms with van der Waals surface area (Å²) >= 11 is 3.57. The average Bonchev–Trinajstić information content (AvgIpc) is 2.47. The number of halogens is 1. The third-order valence-electron chi connectivity index (χ3n) is 4.16. The number of rotatable bonds is 2. The van der Waals surface area contributed by atoms with E-state index >= 15 is 0 Å². The van der Waals surface area contributed by atoms with Gasteiger partial charge >= 0.3 is 0 Å². The zero-order chi connectivity index (χ0) is 14.2. The van der Waals surface area contributed by atoms with Crippen LogP contribution in [-0.4, -0.2) is 0 Å². The zero-order valence-corrected chi connectivity index (χ0v) is 13.6. The Kier molecular flexibility index (Phi) is 3.55. The predicted octanol–water partition coefficient (Wildman–Crippen LogP) is 5.69. The largest absolute Gasteiger partial charge is 0.0876 e. The van der Waals surface area contributed by atoms with Gasteiger partial charge in [0.15, 0.2) is 0 Å². The Morgan fingerprint density at radius 1 is 1.05 bits per heavy atom.